The number of nitrogens with zero attached hydrogens (tertiary/aromatic N) is 1. The van der Waals surface area contributed by atoms with E-state index in [0.29, 0.717) is 19.0 Å². The number of nitrogens with one attached hydrogen (secondary N) is 1. The van der Waals surface area contributed by atoms with Crippen molar-refractivity contribution in [2.75, 3.05) is 6.61 Å². The maximum absolute atomic E-state index is 5.95. The maximum Gasteiger partial charge on any atom is 0.223 e. The predicted molar refractivity (Wildman–Crippen MR) is 103 cm³/mol. The normalized spacial score (nSPS) is 17.0. The fraction of sp³-hybridized carbons (Fsp3) is 0.318. The lowest BCUT2D eigenvalue weighted by molar-refractivity contribution is 0.00122. The van der Waals surface area contributed by atoms with E-state index in [-0.39, 0.29) is 6.10 Å². The molecule has 0 bridgehead atoms. The molecule has 1 aromatic carbocycles. The highest BCUT2D eigenvalue weighted by Gasteiger charge is 2.19. The van der Waals surface area contributed by atoms with Crippen LogP contribution < -0.4 is 10.1 Å². The molecular weight excluding hydrogens is 340 g/mol. The van der Waals surface area contributed by atoms with Crippen LogP contribution in [0.15, 0.2) is 65.2 Å². The van der Waals surface area contributed by atoms with Crippen LogP contribution in [0.2, 0.25) is 0 Å². The van der Waals surface area contributed by atoms with Crippen molar-refractivity contribution in [1.82, 2.24) is 10.3 Å². The summed E-state index contributed by atoms with van der Waals surface area (Å²) in [5.41, 5.74) is 1.00. The van der Waals surface area contributed by atoms with Crippen molar-refractivity contribution in [3.05, 3.63) is 77.9 Å². The minimum Gasteiger partial charge on any atom is -0.462 e. The van der Waals surface area contributed by atoms with Gasteiger partial charge in [-0.05, 0) is 49.6 Å². The van der Waals surface area contributed by atoms with Crippen molar-refractivity contribution in [2.45, 2.75) is 38.5 Å². The van der Waals surface area contributed by atoms with Gasteiger partial charge in [0, 0.05) is 24.9 Å². The summed E-state index contributed by atoms with van der Waals surface area (Å²) in [7, 11) is 0. The zero-order valence-corrected chi connectivity index (χ0v) is 15.3. The Kier molecular flexibility index (Phi) is 5.82. The summed E-state index contributed by atoms with van der Waals surface area (Å²) in [5, 5.41) is 3.41. The first-order valence-electron chi connectivity index (χ1n) is 9.46. The van der Waals surface area contributed by atoms with Crippen LogP contribution >= 0.6 is 0 Å². The van der Waals surface area contributed by atoms with Crippen LogP contribution in [0.5, 0.6) is 11.6 Å². The highest BCUT2D eigenvalue weighted by atomic mass is 16.5. The molecule has 0 radical (unpaired) electrons. The molecule has 1 aliphatic rings. The van der Waals surface area contributed by atoms with Gasteiger partial charge in [-0.3, -0.25) is 0 Å². The third-order valence-corrected chi connectivity index (χ3v) is 4.60. The SMILES string of the molecule is c1ccc(Oc2ncccc2CNCc2ccc([C@H]3CCCCO3)o2)cc1. The molecule has 5 heteroatoms. The number of para-hydroxylation sites is 1. The summed E-state index contributed by atoms with van der Waals surface area (Å²) in [6.07, 6.45) is 5.23. The van der Waals surface area contributed by atoms with E-state index in [9.17, 15) is 0 Å². The van der Waals surface area contributed by atoms with E-state index in [0.717, 1.165) is 42.3 Å². The van der Waals surface area contributed by atoms with E-state index >= 15 is 0 Å². The monoisotopic (exact) mass is 364 g/mol. The van der Waals surface area contributed by atoms with Gasteiger partial charge < -0.3 is 19.2 Å². The lowest BCUT2D eigenvalue weighted by Gasteiger charge is -2.20. The van der Waals surface area contributed by atoms with Crippen LogP contribution in [-0.2, 0) is 17.8 Å². The topological polar surface area (TPSA) is 56.5 Å². The third-order valence-electron chi connectivity index (χ3n) is 4.60. The first-order chi connectivity index (χ1) is 13.4. The summed E-state index contributed by atoms with van der Waals surface area (Å²) in [6, 6.07) is 17.7. The van der Waals surface area contributed by atoms with Crippen molar-refractivity contribution in [1.29, 1.82) is 0 Å². The van der Waals surface area contributed by atoms with Crippen LogP contribution in [-0.4, -0.2) is 11.6 Å². The van der Waals surface area contributed by atoms with Gasteiger partial charge in [0.15, 0.2) is 0 Å². The van der Waals surface area contributed by atoms with Gasteiger partial charge in [0.2, 0.25) is 5.88 Å². The van der Waals surface area contributed by atoms with E-state index in [1.807, 2.05) is 54.6 Å². The number of pyridine rings is 1. The average Bonchev–Trinajstić information content (AvgIpc) is 3.20. The largest absolute Gasteiger partial charge is 0.462 e. The molecule has 0 spiro atoms. The fourth-order valence-electron chi connectivity index (χ4n) is 3.20. The average molecular weight is 364 g/mol. The summed E-state index contributed by atoms with van der Waals surface area (Å²) in [4.78, 5) is 4.36. The van der Waals surface area contributed by atoms with Crippen molar-refractivity contribution in [3.8, 4) is 11.6 Å². The van der Waals surface area contributed by atoms with Crippen LogP contribution in [0.25, 0.3) is 0 Å². The molecule has 5 nitrogen and oxygen atoms in total. The van der Waals surface area contributed by atoms with Crippen molar-refractivity contribution < 1.29 is 13.9 Å². The molecule has 0 aliphatic carbocycles. The molecule has 140 valence electrons. The van der Waals surface area contributed by atoms with E-state index in [2.05, 4.69) is 10.3 Å². The molecule has 3 aromatic rings. The number of hydrogen-bond donors (Lipinski definition) is 1. The first kappa shape index (κ1) is 17.8. The van der Waals surface area contributed by atoms with E-state index in [1.54, 1.807) is 6.20 Å². The molecule has 0 saturated carbocycles. The lowest BCUT2D eigenvalue weighted by atomic mass is 10.1. The fourth-order valence-corrected chi connectivity index (χ4v) is 3.20. The Balaban J connectivity index is 1.33. The number of benzene rings is 1. The molecule has 1 atom stereocenters. The Labute approximate surface area is 159 Å². The Morgan fingerprint density at radius 3 is 2.78 bits per heavy atom. The number of rotatable bonds is 7. The second-order valence-corrected chi connectivity index (χ2v) is 6.65. The van der Waals surface area contributed by atoms with Gasteiger partial charge in [-0.15, -0.1) is 0 Å². The molecule has 27 heavy (non-hydrogen) atoms. The van der Waals surface area contributed by atoms with E-state index in [4.69, 9.17) is 13.9 Å². The molecule has 1 saturated heterocycles. The molecule has 1 N–H and O–H groups in total. The highest BCUT2D eigenvalue weighted by molar-refractivity contribution is 5.32. The van der Waals surface area contributed by atoms with Gasteiger partial charge in [-0.25, -0.2) is 4.98 Å². The summed E-state index contributed by atoms with van der Waals surface area (Å²) in [5.74, 6) is 3.24. The quantitative estimate of drug-likeness (QED) is 0.639. The molecule has 2 aromatic heterocycles. The Bertz CT molecular complexity index is 842. The summed E-state index contributed by atoms with van der Waals surface area (Å²) in [6.45, 7) is 2.11. The van der Waals surface area contributed by atoms with Gasteiger partial charge in [-0.1, -0.05) is 24.3 Å². The molecule has 0 unspecified atom stereocenters. The minimum atomic E-state index is 0.108. The van der Waals surface area contributed by atoms with Crippen LogP contribution in [0, 0.1) is 0 Å². The second-order valence-electron chi connectivity index (χ2n) is 6.65. The standard InChI is InChI=1S/C22H24N2O3/c1-2-8-18(9-3-1)27-22-17(7-6-13-24-22)15-23-16-19-11-12-21(26-19)20-10-4-5-14-25-20/h1-3,6-9,11-13,20,23H,4-5,10,14-16H2/t20-/m1/s1. The number of ether oxygens (including phenoxy) is 2. The van der Waals surface area contributed by atoms with Gasteiger partial charge in [0.05, 0.1) is 6.54 Å². The van der Waals surface area contributed by atoms with Gasteiger partial charge >= 0.3 is 0 Å². The number of furan rings is 1. The first-order valence-corrected chi connectivity index (χ1v) is 9.46. The minimum absolute atomic E-state index is 0.108. The predicted octanol–water partition coefficient (Wildman–Crippen LogP) is 5.00. The van der Waals surface area contributed by atoms with Gasteiger partial charge in [-0.2, -0.15) is 0 Å². The van der Waals surface area contributed by atoms with E-state index in [1.165, 1.54) is 6.42 Å². The zero-order valence-electron chi connectivity index (χ0n) is 15.3. The lowest BCUT2D eigenvalue weighted by Crippen LogP contribution is -2.13. The molecule has 1 aliphatic heterocycles. The number of aromatic nitrogens is 1. The maximum atomic E-state index is 5.95. The van der Waals surface area contributed by atoms with Gasteiger partial charge in [0.25, 0.3) is 0 Å². The molecule has 0 amide bonds. The highest BCUT2D eigenvalue weighted by Crippen LogP contribution is 2.29. The Hall–Kier alpha value is -2.63. The number of hydrogen-bond acceptors (Lipinski definition) is 5. The second kappa shape index (κ2) is 8.84. The van der Waals surface area contributed by atoms with Crippen LogP contribution in [0.1, 0.15) is 42.5 Å². The summed E-state index contributed by atoms with van der Waals surface area (Å²) >= 11 is 0. The van der Waals surface area contributed by atoms with Crippen LogP contribution in [0.4, 0.5) is 0 Å². The van der Waals surface area contributed by atoms with Gasteiger partial charge in [0.1, 0.15) is 23.4 Å². The molecule has 4 rings (SSSR count). The van der Waals surface area contributed by atoms with Crippen molar-refractivity contribution >= 4 is 0 Å². The molecular formula is C22H24N2O3. The van der Waals surface area contributed by atoms with Crippen molar-refractivity contribution in [3.63, 3.8) is 0 Å². The smallest absolute Gasteiger partial charge is 0.223 e. The zero-order chi connectivity index (χ0) is 18.3. The Morgan fingerprint density at radius 2 is 1.93 bits per heavy atom. The molecule has 3 heterocycles. The van der Waals surface area contributed by atoms with Crippen LogP contribution in [0.3, 0.4) is 0 Å². The third kappa shape index (κ3) is 4.76. The van der Waals surface area contributed by atoms with E-state index < -0.39 is 0 Å². The molecule has 1 fully saturated rings. The van der Waals surface area contributed by atoms with Crippen molar-refractivity contribution in [2.24, 2.45) is 0 Å². The Morgan fingerprint density at radius 1 is 1.00 bits per heavy atom. The summed E-state index contributed by atoms with van der Waals surface area (Å²) < 4.78 is 17.6.